The monoisotopic (exact) mass is 278 g/mol. The summed E-state index contributed by atoms with van der Waals surface area (Å²) in [6.07, 6.45) is 0.948. The first kappa shape index (κ1) is 14.0. The van der Waals surface area contributed by atoms with Gasteiger partial charge in [-0.25, -0.2) is 4.39 Å². The van der Waals surface area contributed by atoms with E-state index in [0.29, 0.717) is 23.4 Å². The van der Waals surface area contributed by atoms with Crippen molar-refractivity contribution in [1.82, 2.24) is 0 Å². The van der Waals surface area contributed by atoms with Crippen LogP contribution in [-0.4, -0.2) is 5.11 Å². The highest BCUT2D eigenvalue weighted by molar-refractivity contribution is 6.30. The summed E-state index contributed by atoms with van der Waals surface area (Å²) < 4.78 is 13.3. The van der Waals surface area contributed by atoms with Crippen LogP contribution in [0.2, 0.25) is 5.02 Å². The summed E-state index contributed by atoms with van der Waals surface area (Å²) in [4.78, 5) is 0. The van der Waals surface area contributed by atoms with Gasteiger partial charge in [-0.3, -0.25) is 0 Å². The number of hydrogen-bond acceptors (Lipinski definition) is 1. The molecular weight excluding hydrogens is 263 g/mol. The van der Waals surface area contributed by atoms with Gasteiger partial charge in [0, 0.05) is 11.4 Å². The first-order valence-electron chi connectivity index (χ1n) is 6.26. The van der Waals surface area contributed by atoms with Crippen LogP contribution in [0.15, 0.2) is 48.5 Å². The average Bonchev–Trinajstić information content (AvgIpc) is 2.41. The molecule has 0 aliphatic carbocycles. The van der Waals surface area contributed by atoms with Crippen molar-refractivity contribution in [3.05, 3.63) is 70.5 Å². The van der Waals surface area contributed by atoms with Crippen LogP contribution in [-0.2, 0) is 12.0 Å². The van der Waals surface area contributed by atoms with Gasteiger partial charge in [0.05, 0.1) is 5.60 Å². The first-order chi connectivity index (χ1) is 9.03. The van der Waals surface area contributed by atoms with Crippen molar-refractivity contribution < 1.29 is 9.50 Å². The van der Waals surface area contributed by atoms with Crippen LogP contribution in [0.5, 0.6) is 0 Å². The normalized spacial score (nSPS) is 14.1. The molecule has 0 fully saturated rings. The Balaban J connectivity index is 2.30. The molecule has 1 N–H and O–H groups in total. The van der Waals surface area contributed by atoms with Crippen LogP contribution < -0.4 is 0 Å². The summed E-state index contributed by atoms with van der Waals surface area (Å²) in [6, 6.07) is 13.5. The highest BCUT2D eigenvalue weighted by atomic mass is 35.5. The van der Waals surface area contributed by atoms with E-state index in [2.05, 4.69) is 0 Å². The lowest BCUT2D eigenvalue weighted by atomic mass is 9.85. The summed E-state index contributed by atoms with van der Waals surface area (Å²) in [5.41, 5.74) is 0.513. The standard InChI is InChI=1S/C16H16ClFO/c1-2-16(19,13-4-3-5-15(18)10-13)11-12-6-8-14(17)9-7-12/h3-10,19H,2,11H2,1H3/t16-/m0/s1. The van der Waals surface area contributed by atoms with Crippen molar-refractivity contribution in [2.24, 2.45) is 0 Å². The van der Waals surface area contributed by atoms with E-state index in [9.17, 15) is 9.50 Å². The molecule has 0 aliphatic rings. The SMILES string of the molecule is CC[C@](O)(Cc1ccc(Cl)cc1)c1cccc(F)c1. The summed E-state index contributed by atoms with van der Waals surface area (Å²) in [7, 11) is 0. The van der Waals surface area contributed by atoms with Crippen LogP contribution in [0, 0.1) is 5.82 Å². The lowest BCUT2D eigenvalue weighted by Crippen LogP contribution is -2.27. The molecule has 0 spiro atoms. The molecule has 0 bridgehead atoms. The molecule has 0 heterocycles. The zero-order valence-electron chi connectivity index (χ0n) is 10.7. The zero-order valence-corrected chi connectivity index (χ0v) is 11.5. The highest BCUT2D eigenvalue weighted by Crippen LogP contribution is 2.30. The van der Waals surface area contributed by atoms with E-state index in [-0.39, 0.29) is 5.82 Å². The average molecular weight is 279 g/mol. The van der Waals surface area contributed by atoms with Crippen molar-refractivity contribution in [2.45, 2.75) is 25.4 Å². The number of aliphatic hydroxyl groups is 1. The lowest BCUT2D eigenvalue weighted by Gasteiger charge is -2.27. The van der Waals surface area contributed by atoms with Crippen LogP contribution in [0.25, 0.3) is 0 Å². The molecule has 0 amide bonds. The molecule has 0 saturated heterocycles. The maximum Gasteiger partial charge on any atom is 0.123 e. The van der Waals surface area contributed by atoms with Gasteiger partial charge in [0.25, 0.3) is 0 Å². The second-order valence-corrected chi connectivity index (χ2v) is 5.14. The molecule has 2 rings (SSSR count). The van der Waals surface area contributed by atoms with Crippen molar-refractivity contribution in [2.75, 3.05) is 0 Å². The molecule has 0 aliphatic heterocycles. The predicted molar refractivity (Wildman–Crippen MR) is 75.7 cm³/mol. The van der Waals surface area contributed by atoms with E-state index in [0.717, 1.165) is 5.56 Å². The fourth-order valence-electron chi connectivity index (χ4n) is 2.15. The van der Waals surface area contributed by atoms with Crippen LogP contribution in [0.1, 0.15) is 24.5 Å². The van der Waals surface area contributed by atoms with Gasteiger partial charge in [0.15, 0.2) is 0 Å². The van der Waals surface area contributed by atoms with Gasteiger partial charge in [-0.2, -0.15) is 0 Å². The van der Waals surface area contributed by atoms with Crippen molar-refractivity contribution in [1.29, 1.82) is 0 Å². The van der Waals surface area contributed by atoms with E-state index in [4.69, 9.17) is 11.6 Å². The Kier molecular flexibility index (Phi) is 4.23. The number of benzene rings is 2. The minimum atomic E-state index is -1.06. The summed E-state index contributed by atoms with van der Waals surface area (Å²) >= 11 is 5.84. The van der Waals surface area contributed by atoms with E-state index in [1.165, 1.54) is 12.1 Å². The molecule has 19 heavy (non-hydrogen) atoms. The fraction of sp³-hybridized carbons (Fsp3) is 0.250. The van der Waals surface area contributed by atoms with Gasteiger partial charge < -0.3 is 5.11 Å². The third kappa shape index (κ3) is 3.34. The second-order valence-electron chi connectivity index (χ2n) is 4.70. The van der Waals surface area contributed by atoms with Gasteiger partial charge in [-0.1, -0.05) is 42.8 Å². The van der Waals surface area contributed by atoms with Gasteiger partial charge in [-0.15, -0.1) is 0 Å². The van der Waals surface area contributed by atoms with Crippen molar-refractivity contribution >= 4 is 11.6 Å². The Hall–Kier alpha value is -1.38. The van der Waals surface area contributed by atoms with Crippen molar-refractivity contribution in [3.63, 3.8) is 0 Å². The Morgan fingerprint density at radius 3 is 2.42 bits per heavy atom. The highest BCUT2D eigenvalue weighted by Gasteiger charge is 2.27. The lowest BCUT2D eigenvalue weighted by molar-refractivity contribution is 0.0324. The Labute approximate surface area is 117 Å². The summed E-state index contributed by atoms with van der Waals surface area (Å²) in [6.45, 7) is 1.89. The number of hydrogen-bond donors (Lipinski definition) is 1. The van der Waals surface area contributed by atoms with Crippen LogP contribution in [0.4, 0.5) is 4.39 Å². The Bertz CT molecular complexity index is 553. The van der Waals surface area contributed by atoms with Gasteiger partial charge in [0.1, 0.15) is 5.82 Å². The second kappa shape index (κ2) is 5.72. The fourth-order valence-corrected chi connectivity index (χ4v) is 2.28. The molecule has 2 aromatic carbocycles. The molecule has 3 heteroatoms. The van der Waals surface area contributed by atoms with E-state index < -0.39 is 5.60 Å². The first-order valence-corrected chi connectivity index (χ1v) is 6.64. The summed E-state index contributed by atoms with van der Waals surface area (Å²) in [5, 5.41) is 11.4. The smallest absolute Gasteiger partial charge is 0.123 e. The Morgan fingerprint density at radius 2 is 1.84 bits per heavy atom. The van der Waals surface area contributed by atoms with E-state index in [1.807, 2.05) is 19.1 Å². The van der Waals surface area contributed by atoms with E-state index in [1.54, 1.807) is 24.3 Å². The molecule has 0 radical (unpaired) electrons. The van der Waals surface area contributed by atoms with Gasteiger partial charge in [-0.05, 0) is 41.8 Å². The largest absolute Gasteiger partial charge is 0.385 e. The maximum absolute atomic E-state index is 13.3. The molecule has 2 aromatic rings. The molecule has 1 atom stereocenters. The number of rotatable bonds is 4. The predicted octanol–water partition coefficient (Wildman–Crippen LogP) is 4.32. The molecule has 100 valence electrons. The van der Waals surface area contributed by atoms with Gasteiger partial charge >= 0.3 is 0 Å². The molecule has 0 aromatic heterocycles. The van der Waals surface area contributed by atoms with Crippen LogP contribution in [0.3, 0.4) is 0 Å². The van der Waals surface area contributed by atoms with E-state index >= 15 is 0 Å². The molecule has 0 unspecified atom stereocenters. The number of halogens is 2. The van der Waals surface area contributed by atoms with Crippen LogP contribution >= 0.6 is 11.6 Å². The zero-order chi connectivity index (χ0) is 13.9. The summed E-state index contributed by atoms with van der Waals surface area (Å²) in [5.74, 6) is -0.333. The third-order valence-electron chi connectivity index (χ3n) is 3.36. The van der Waals surface area contributed by atoms with Gasteiger partial charge in [0.2, 0.25) is 0 Å². The topological polar surface area (TPSA) is 20.2 Å². The minimum absolute atomic E-state index is 0.333. The molecule has 0 saturated carbocycles. The third-order valence-corrected chi connectivity index (χ3v) is 3.61. The Morgan fingerprint density at radius 1 is 1.16 bits per heavy atom. The molecule has 1 nitrogen and oxygen atoms in total. The minimum Gasteiger partial charge on any atom is -0.385 e. The quantitative estimate of drug-likeness (QED) is 0.883. The van der Waals surface area contributed by atoms with Crippen molar-refractivity contribution in [3.8, 4) is 0 Å². The molecular formula is C16H16ClFO. The maximum atomic E-state index is 13.3.